The van der Waals surface area contributed by atoms with E-state index in [-0.39, 0.29) is 6.61 Å². The molecule has 6 N–H and O–H groups in total. The molecule has 0 bridgehead atoms. The van der Waals surface area contributed by atoms with E-state index in [9.17, 15) is 17.3 Å². The molecule has 0 aliphatic heterocycles. The Bertz CT molecular complexity index is 123. The number of nitrogens with two attached hydrogens (primary N) is 1. The molecule has 3 nitrogen and oxygen atoms in total. The number of quaternary nitrogens is 1. The van der Waals surface area contributed by atoms with Crippen molar-refractivity contribution >= 4 is 7.25 Å². The van der Waals surface area contributed by atoms with Crippen molar-refractivity contribution in [3.63, 3.8) is 0 Å². The molecule has 0 fully saturated rings. The van der Waals surface area contributed by atoms with Crippen LogP contribution < -0.4 is 11.5 Å². The highest BCUT2D eigenvalue weighted by Crippen LogP contribution is 2.06. The van der Waals surface area contributed by atoms with E-state index in [0.29, 0.717) is 6.04 Å². The van der Waals surface area contributed by atoms with Gasteiger partial charge in [0.25, 0.3) is 0 Å². The van der Waals surface area contributed by atoms with E-state index in [0.717, 1.165) is 32.2 Å². The predicted molar refractivity (Wildman–Crippen MR) is 51.5 cm³/mol. The molecule has 0 aliphatic carbocycles. The van der Waals surface area contributed by atoms with Crippen LogP contribution in [0.4, 0.5) is 17.3 Å². The molecule has 0 rings (SSSR count). The van der Waals surface area contributed by atoms with Crippen LogP contribution in [0.5, 0.6) is 0 Å². The van der Waals surface area contributed by atoms with Crippen LogP contribution in [-0.4, -0.2) is 31.6 Å². The third-order valence-corrected chi connectivity index (χ3v) is 1.59. The molecule has 0 saturated carbocycles. The zero-order valence-electron chi connectivity index (χ0n) is 8.64. The van der Waals surface area contributed by atoms with Crippen LogP contribution in [0.15, 0.2) is 0 Å². The van der Waals surface area contributed by atoms with Crippen molar-refractivity contribution in [2.75, 3.05) is 13.2 Å². The van der Waals surface area contributed by atoms with Crippen LogP contribution in [0, 0.1) is 0 Å². The van der Waals surface area contributed by atoms with Gasteiger partial charge < -0.3 is 33.8 Å². The van der Waals surface area contributed by atoms with Crippen LogP contribution in [0.1, 0.15) is 25.7 Å². The lowest BCUT2D eigenvalue weighted by molar-refractivity contribution is -0.423. The quantitative estimate of drug-likeness (QED) is 0.460. The van der Waals surface area contributed by atoms with Crippen LogP contribution in [0.25, 0.3) is 0 Å². The number of hydrogen-bond donors (Lipinski definition) is 3. The maximum Gasteiger partial charge on any atom is 0.673 e. The van der Waals surface area contributed by atoms with E-state index in [2.05, 4.69) is 5.73 Å². The van der Waals surface area contributed by atoms with Crippen LogP contribution in [0.3, 0.4) is 0 Å². The fourth-order valence-electron chi connectivity index (χ4n) is 0.931. The Morgan fingerprint density at radius 3 is 1.87 bits per heavy atom. The molecule has 0 aromatic carbocycles. The van der Waals surface area contributed by atoms with Crippen molar-refractivity contribution < 1.29 is 28.1 Å². The molecular weight excluding hydrogens is 215 g/mol. The summed E-state index contributed by atoms with van der Waals surface area (Å²) in [5.74, 6) is 0. The summed E-state index contributed by atoms with van der Waals surface area (Å²) in [6.45, 7) is 1.04. The molecule has 94 valence electrons. The Hall–Kier alpha value is -0.335. The van der Waals surface area contributed by atoms with Gasteiger partial charge in [0.1, 0.15) is 0 Å². The highest BCUT2D eigenvalue weighted by Gasteiger charge is 2.20. The first-order chi connectivity index (χ1) is 6.81. The second kappa shape index (κ2) is 10.2. The van der Waals surface area contributed by atoms with Crippen LogP contribution in [-0.2, 0) is 0 Å². The molecule has 15 heavy (non-hydrogen) atoms. The van der Waals surface area contributed by atoms with E-state index in [1.165, 1.54) is 0 Å². The van der Waals surface area contributed by atoms with Crippen molar-refractivity contribution in [2.45, 2.75) is 31.7 Å². The van der Waals surface area contributed by atoms with Gasteiger partial charge in [0.15, 0.2) is 0 Å². The zero-order valence-corrected chi connectivity index (χ0v) is 8.64. The van der Waals surface area contributed by atoms with E-state index in [1.807, 2.05) is 0 Å². The summed E-state index contributed by atoms with van der Waals surface area (Å²) in [7, 11) is -6.00. The molecule has 0 aromatic heterocycles. The van der Waals surface area contributed by atoms with Gasteiger partial charge in [-0.2, -0.15) is 0 Å². The fourth-order valence-corrected chi connectivity index (χ4v) is 0.931. The average Bonchev–Trinajstić information content (AvgIpc) is 2.08. The highest BCUT2D eigenvalue weighted by atomic mass is 19.5. The number of aliphatic hydroxyl groups excluding tert-OH is 1. The van der Waals surface area contributed by atoms with Gasteiger partial charge >= 0.3 is 7.25 Å². The molecular formula is C7H19BF4N2O. The molecule has 8 heteroatoms. The minimum atomic E-state index is -6.00. The molecule has 0 amide bonds. The lowest BCUT2D eigenvalue weighted by atomic mass is 10.1. The Morgan fingerprint density at radius 2 is 1.53 bits per heavy atom. The minimum Gasteiger partial charge on any atom is -0.418 e. The van der Waals surface area contributed by atoms with Crippen molar-refractivity contribution in [2.24, 2.45) is 5.73 Å². The Kier molecular flexibility index (Phi) is 11.6. The van der Waals surface area contributed by atoms with Gasteiger partial charge in [-0.25, -0.2) is 0 Å². The summed E-state index contributed by atoms with van der Waals surface area (Å²) in [5.41, 5.74) is 9.27. The molecule has 0 saturated heterocycles. The smallest absolute Gasteiger partial charge is 0.418 e. The zero-order chi connectivity index (χ0) is 12.3. The van der Waals surface area contributed by atoms with Gasteiger partial charge in [-0.05, 0) is 19.4 Å². The molecule has 0 aliphatic rings. The Labute approximate surface area is 86.9 Å². The second-order valence-electron chi connectivity index (χ2n) is 3.16. The van der Waals surface area contributed by atoms with E-state index in [1.54, 1.807) is 0 Å². The van der Waals surface area contributed by atoms with Gasteiger partial charge in [0, 0.05) is 19.4 Å². The minimum absolute atomic E-state index is 0.286. The first kappa shape index (κ1) is 17.1. The van der Waals surface area contributed by atoms with Gasteiger partial charge in [-0.1, -0.05) is 0 Å². The first-order valence-electron chi connectivity index (χ1n) is 4.82. The molecule has 1 unspecified atom stereocenters. The maximum atomic E-state index is 9.75. The van der Waals surface area contributed by atoms with Gasteiger partial charge in [0.05, 0.1) is 6.04 Å². The summed E-state index contributed by atoms with van der Waals surface area (Å²) in [5, 5.41) is 8.49. The molecule has 0 spiro atoms. The Balaban J connectivity index is 0. The third kappa shape index (κ3) is 31.6. The van der Waals surface area contributed by atoms with Crippen molar-refractivity contribution in [3.8, 4) is 0 Å². The van der Waals surface area contributed by atoms with Crippen molar-refractivity contribution in [3.05, 3.63) is 0 Å². The van der Waals surface area contributed by atoms with Crippen molar-refractivity contribution in [1.29, 1.82) is 0 Å². The summed E-state index contributed by atoms with van der Waals surface area (Å²) < 4.78 is 39.0. The van der Waals surface area contributed by atoms with E-state index >= 15 is 0 Å². The summed E-state index contributed by atoms with van der Waals surface area (Å²) in [4.78, 5) is 0. The number of halogens is 4. The molecule has 0 heterocycles. The lowest BCUT2D eigenvalue weighted by Crippen LogP contribution is -2.60. The normalized spacial score (nSPS) is 13.0. The van der Waals surface area contributed by atoms with Gasteiger partial charge in [-0.15, -0.1) is 0 Å². The number of rotatable bonds is 6. The summed E-state index contributed by atoms with van der Waals surface area (Å²) >= 11 is 0. The SMILES string of the molecule is F[B-](F)(F)F.NCCCC([NH3+])CCCO. The largest absolute Gasteiger partial charge is 0.673 e. The first-order valence-corrected chi connectivity index (χ1v) is 4.82. The van der Waals surface area contributed by atoms with Crippen LogP contribution >= 0.6 is 0 Å². The van der Waals surface area contributed by atoms with Gasteiger partial charge in [-0.3, -0.25) is 0 Å². The van der Waals surface area contributed by atoms with Crippen molar-refractivity contribution in [1.82, 2.24) is 0 Å². The van der Waals surface area contributed by atoms with Gasteiger partial charge in [0.2, 0.25) is 0 Å². The highest BCUT2D eigenvalue weighted by molar-refractivity contribution is 6.50. The van der Waals surface area contributed by atoms with Crippen LogP contribution in [0.2, 0.25) is 0 Å². The number of aliphatic hydroxyl groups is 1. The predicted octanol–water partition coefficient (Wildman–Crippen LogP) is 0.408. The molecule has 0 aromatic rings. The average molecular weight is 234 g/mol. The second-order valence-corrected chi connectivity index (χ2v) is 3.16. The standard InChI is InChI=1S/C7H18N2O.BF4/c8-5-1-3-7(9)4-2-6-10;2-1(3,4)5/h7,10H,1-6,8-9H2;/q;-1/p+1. The molecule has 0 radical (unpaired) electrons. The fraction of sp³-hybridized carbons (Fsp3) is 1.00. The number of hydrogen-bond acceptors (Lipinski definition) is 2. The summed E-state index contributed by atoms with van der Waals surface area (Å²) in [6, 6.07) is 0.482. The lowest BCUT2D eigenvalue weighted by Gasteiger charge is -2.05. The topological polar surface area (TPSA) is 73.9 Å². The monoisotopic (exact) mass is 234 g/mol. The van der Waals surface area contributed by atoms with E-state index < -0.39 is 7.25 Å². The Morgan fingerprint density at radius 1 is 1.13 bits per heavy atom. The van der Waals surface area contributed by atoms with E-state index in [4.69, 9.17) is 10.8 Å². The third-order valence-electron chi connectivity index (χ3n) is 1.59. The maximum absolute atomic E-state index is 9.75. The summed E-state index contributed by atoms with van der Waals surface area (Å²) in [6.07, 6.45) is 4.05. The molecule has 1 atom stereocenters.